The van der Waals surface area contributed by atoms with Crippen LogP contribution in [0.25, 0.3) is 11.4 Å². The summed E-state index contributed by atoms with van der Waals surface area (Å²) in [7, 11) is 3.58. The molecule has 0 spiro atoms. The zero-order valence-corrected chi connectivity index (χ0v) is 11.5. The summed E-state index contributed by atoms with van der Waals surface area (Å²) in [4.78, 5) is 4.41. The minimum atomic E-state index is 0.432. The minimum absolute atomic E-state index is 0.432. The first-order valence-corrected chi connectivity index (χ1v) is 6.38. The molecule has 0 fully saturated rings. The van der Waals surface area contributed by atoms with Gasteiger partial charge < -0.3 is 14.6 Å². The molecule has 0 aliphatic rings. The maximum Gasteiger partial charge on any atom is 0.227 e. The van der Waals surface area contributed by atoms with E-state index in [9.17, 15) is 0 Å². The van der Waals surface area contributed by atoms with Crippen LogP contribution in [0.15, 0.2) is 28.8 Å². The number of nitrogens with one attached hydrogen (secondary N) is 1. The molecule has 5 heteroatoms. The molecule has 1 unspecified atom stereocenters. The van der Waals surface area contributed by atoms with E-state index in [1.54, 1.807) is 7.11 Å². The molecule has 0 aliphatic heterocycles. The van der Waals surface area contributed by atoms with E-state index >= 15 is 0 Å². The van der Waals surface area contributed by atoms with Gasteiger partial charge in [-0.3, -0.25) is 0 Å². The Bertz CT molecular complexity index is 525. The third kappa shape index (κ3) is 3.32. The highest BCUT2D eigenvalue weighted by Crippen LogP contribution is 2.27. The lowest BCUT2D eigenvalue weighted by Gasteiger charge is -2.06. The molecule has 0 aliphatic carbocycles. The summed E-state index contributed by atoms with van der Waals surface area (Å²) in [6.45, 7) is 2.12. The van der Waals surface area contributed by atoms with Crippen LogP contribution in [-0.2, 0) is 6.42 Å². The van der Waals surface area contributed by atoms with E-state index in [0.29, 0.717) is 17.8 Å². The Balaban J connectivity index is 2.12. The second kappa shape index (κ2) is 6.33. The normalized spacial score (nSPS) is 12.4. The molecule has 0 saturated carbocycles. The molecular formula is C14H19N3O2. The number of methoxy groups -OCH3 is 1. The van der Waals surface area contributed by atoms with Gasteiger partial charge in [0.25, 0.3) is 0 Å². The van der Waals surface area contributed by atoms with Crippen molar-refractivity contribution in [3.05, 3.63) is 30.2 Å². The lowest BCUT2D eigenvalue weighted by atomic mass is 10.2. The van der Waals surface area contributed by atoms with Crippen LogP contribution in [0.2, 0.25) is 0 Å². The summed E-state index contributed by atoms with van der Waals surface area (Å²) < 4.78 is 10.6. The Morgan fingerprint density at radius 1 is 1.37 bits per heavy atom. The van der Waals surface area contributed by atoms with Gasteiger partial charge in [-0.2, -0.15) is 4.98 Å². The summed E-state index contributed by atoms with van der Waals surface area (Å²) in [6, 6.07) is 8.08. The van der Waals surface area contributed by atoms with Crippen molar-refractivity contribution in [2.45, 2.75) is 25.8 Å². The number of nitrogens with zero attached hydrogens (tertiary/aromatic N) is 2. The van der Waals surface area contributed by atoms with E-state index in [1.165, 1.54) is 0 Å². The molecule has 1 aromatic heterocycles. The molecule has 0 amide bonds. The Morgan fingerprint density at radius 3 is 2.89 bits per heavy atom. The van der Waals surface area contributed by atoms with E-state index in [-0.39, 0.29) is 0 Å². The smallest absolute Gasteiger partial charge is 0.227 e. The van der Waals surface area contributed by atoms with E-state index in [2.05, 4.69) is 22.4 Å². The Morgan fingerprint density at radius 2 is 2.16 bits per heavy atom. The van der Waals surface area contributed by atoms with Crippen LogP contribution < -0.4 is 10.1 Å². The van der Waals surface area contributed by atoms with Crippen LogP contribution in [-0.4, -0.2) is 30.3 Å². The first-order chi connectivity index (χ1) is 9.24. The average Bonchev–Trinajstić information content (AvgIpc) is 2.93. The number of rotatable bonds is 6. The fraction of sp³-hybridized carbons (Fsp3) is 0.429. The van der Waals surface area contributed by atoms with Gasteiger partial charge in [0.1, 0.15) is 5.75 Å². The lowest BCUT2D eigenvalue weighted by Crippen LogP contribution is -2.21. The third-order valence-electron chi connectivity index (χ3n) is 3.10. The lowest BCUT2D eigenvalue weighted by molar-refractivity contribution is 0.369. The molecule has 1 heterocycles. The highest BCUT2D eigenvalue weighted by atomic mass is 16.5. The molecule has 0 saturated heterocycles. The second-order valence-corrected chi connectivity index (χ2v) is 4.44. The summed E-state index contributed by atoms with van der Waals surface area (Å²) in [5, 5.41) is 7.19. The van der Waals surface area contributed by atoms with E-state index in [0.717, 1.165) is 24.2 Å². The molecule has 0 radical (unpaired) electrons. The first-order valence-electron chi connectivity index (χ1n) is 6.38. The first kappa shape index (κ1) is 13.5. The van der Waals surface area contributed by atoms with E-state index < -0.39 is 0 Å². The van der Waals surface area contributed by atoms with Crippen molar-refractivity contribution in [2.24, 2.45) is 0 Å². The van der Waals surface area contributed by atoms with Crippen LogP contribution in [0, 0.1) is 0 Å². The van der Waals surface area contributed by atoms with Crippen molar-refractivity contribution in [1.82, 2.24) is 15.5 Å². The van der Waals surface area contributed by atoms with Gasteiger partial charge in [0.15, 0.2) is 0 Å². The van der Waals surface area contributed by atoms with Crippen molar-refractivity contribution in [2.75, 3.05) is 14.2 Å². The average molecular weight is 261 g/mol. The summed E-state index contributed by atoms with van der Waals surface area (Å²) in [5.74, 6) is 1.98. The number of benzene rings is 1. The molecular weight excluding hydrogens is 242 g/mol. The standard InChI is InChI=1S/C14H19N3O2/c1-10(15-2)8-9-13-16-14(17-19-13)11-6-4-5-7-12(11)18-3/h4-7,10,15H,8-9H2,1-3H3. The molecule has 1 N–H and O–H groups in total. The van der Waals surface area contributed by atoms with Gasteiger partial charge in [0.2, 0.25) is 11.7 Å². The Hall–Kier alpha value is -1.88. The number of aryl methyl sites for hydroxylation is 1. The maximum atomic E-state index is 5.29. The quantitative estimate of drug-likeness (QED) is 0.864. The fourth-order valence-electron chi connectivity index (χ4n) is 1.78. The van der Waals surface area contributed by atoms with Crippen LogP contribution in [0.5, 0.6) is 5.75 Å². The maximum absolute atomic E-state index is 5.29. The monoisotopic (exact) mass is 261 g/mol. The van der Waals surface area contributed by atoms with Gasteiger partial charge in [-0.25, -0.2) is 0 Å². The molecule has 1 aromatic carbocycles. The largest absolute Gasteiger partial charge is 0.496 e. The number of hydrogen-bond acceptors (Lipinski definition) is 5. The highest BCUT2D eigenvalue weighted by Gasteiger charge is 2.13. The molecule has 102 valence electrons. The van der Waals surface area contributed by atoms with Crippen molar-refractivity contribution >= 4 is 0 Å². The summed E-state index contributed by atoms with van der Waals surface area (Å²) in [6.07, 6.45) is 1.73. The van der Waals surface area contributed by atoms with Gasteiger partial charge in [-0.05, 0) is 32.5 Å². The molecule has 1 atom stereocenters. The van der Waals surface area contributed by atoms with Crippen LogP contribution in [0.1, 0.15) is 19.2 Å². The highest BCUT2D eigenvalue weighted by molar-refractivity contribution is 5.63. The molecule has 2 rings (SSSR count). The Kier molecular flexibility index (Phi) is 4.52. The molecule has 0 bridgehead atoms. The van der Waals surface area contributed by atoms with Gasteiger partial charge in [-0.1, -0.05) is 17.3 Å². The zero-order chi connectivity index (χ0) is 13.7. The second-order valence-electron chi connectivity index (χ2n) is 4.44. The van der Waals surface area contributed by atoms with Crippen molar-refractivity contribution in [3.8, 4) is 17.1 Å². The molecule has 5 nitrogen and oxygen atoms in total. The minimum Gasteiger partial charge on any atom is -0.496 e. The van der Waals surface area contributed by atoms with E-state index in [1.807, 2.05) is 31.3 Å². The number of hydrogen-bond donors (Lipinski definition) is 1. The van der Waals surface area contributed by atoms with Crippen molar-refractivity contribution in [1.29, 1.82) is 0 Å². The van der Waals surface area contributed by atoms with E-state index in [4.69, 9.17) is 9.26 Å². The SMILES string of the molecule is CNC(C)CCc1nc(-c2ccccc2OC)no1. The third-order valence-corrected chi connectivity index (χ3v) is 3.10. The van der Waals surface area contributed by atoms with Gasteiger partial charge in [0.05, 0.1) is 12.7 Å². The van der Waals surface area contributed by atoms with Crippen LogP contribution in [0.3, 0.4) is 0 Å². The zero-order valence-electron chi connectivity index (χ0n) is 11.5. The van der Waals surface area contributed by atoms with Gasteiger partial charge in [-0.15, -0.1) is 0 Å². The van der Waals surface area contributed by atoms with Gasteiger partial charge >= 0.3 is 0 Å². The number of aromatic nitrogens is 2. The molecule has 2 aromatic rings. The van der Waals surface area contributed by atoms with Crippen LogP contribution >= 0.6 is 0 Å². The van der Waals surface area contributed by atoms with Crippen molar-refractivity contribution in [3.63, 3.8) is 0 Å². The molecule has 19 heavy (non-hydrogen) atoms. The number of ether oxygens (including phenoxy) is 1. The fourth-order valence-corrected chi connectivity index (χ4v) is 1.78. The van der Waals surface area contributed by atoms with Crippen molar-refractivity contribution < 1.29 is 9.26 Å². The van der Waals surface area contributed by atoms with Gasteiger partial charge in [0, 0.05) is 12.5 Å². The topological polar surface area (TPSA) is 60.2 Å². The summed E-state index contributed by atoms with van der Waals surface area (Å²) >= 11 is 0. The summed E-state index contributed by atoms with van der Waals surface area (Å²) in [5.41, 5.74) is 0.849. The Labute approximate surface area is 113 Å². The predicted octanol–water partition coefficient (Wildman–Crippen LogP) is 2.29. The van der Waals surface area contributed by atoms with Crippen LogP contribution in [0.4, 0.5) is 0 Å². The predicted molar refractivity (Wildman–Crippen MR) is 73.1 cm³/mol. The number of para-hydroxylation sites is 1.